The Morgan fingerprint density at radius 2 is 1.42 bits per heavy atom. The molecule has 2 fully saturated rings. The van der Waals surface area contributed by atoms with Crippen LogP contribution in [0.3, 0.4) is 0 Å². The predicted molar refractivity (Wildman–Crippen MR) is 145 cm³/mol. The molecule has 5 nitrogen and oxygen atoms in total. The predicted octanol–water partition coefficient (Wildman–Crippen LogP) is 6.66. The molecule has 1 saturated heterocycles. The number of hydrogen-bond donors (Lipinski definition) is 1. The molecule has 1 saturated carbocycles. The van der Waals surface area contributed by atoms with Gasteiger partial charge in [0, 0.05) is 31.9 Å². The highest BCUT2D eigenvalue weighted by Gasteiger charge is 2.26. The largest absolute Gasteiger partial charge is 0.381 e. The van der Waals surface area contributed by atoms with Gasteiger partial charge in [-0.05, 0) is 48.6 Å². The molecule has 2 aromatic heterocycles. The highest BCUT2D eigenvalue weighted by atomic mass is 16.5. The van der Waals surface area contributed by atoms with Gasteiger partial charge < -0.3 is 13.9 Å². The van der Waals surface area contributed by atoms with Gasteiger partial charge in [-0.1, -0.05) is 79.9 Å². The van der Waals surface area contributed by atoms with Crippen molar-refractivity contribution < 1.29 is 4.74 Å². The third-order valence-corrected chi connectivity index (χ3v) is 8.15. The van der Waals surface area contributed by atoms with E-state index in [0.29, 0.717) is 17.3 Å². The molecule has 0 unspecified atom stereocenters. The van der Waals surface area contributed by atoms with Crippen LogP contribution in [0.15, 0.2) is 67.0 Å². The number of ether oxygens (including phenoxy) is 1. The topological polar surface area (TPSA) is 55.8 Å². The summed E-state index contributed by atoms with van der Waals surface area (Å²) in [6, 6.07) is 21.4. The first-order valence-electron chi connectivity index (χ1n) is 13.6. The van der Waals surface area contributed by atoms with E-state index in [1.54, 1.807) is 0 Å². The first kappa shape index (κ1) is 23.2. The Kier molecular flexibility index (Phi) is 6.73. The molecule has 1 aliphatic carbocycles. The summed E-state index contributed by atoms with van der Waals surface area (Å²) < 4.78 is 10.1. The van der Waals surface area contributed by atoms with Gasteiger partial charge >= 0.3 is 0 Å². The molecule has 0 bridgehead atoms. The third-order valence-electron chi connectivity index (χ3n) is 8.15. The average Bonchev–Trinajstić information content (AvgIpc) is 3.27. The lowest BCUT2D eigenvalue weighted by atomic mass is 9.89. The average molecular weight is 481 g/mol. The minimum atomic E-state index is 0.533. The van der Waals surface area contributed by atoms with Crippen molar-refractivity contribution in [3.05, 3.63) is 72.5 Å². The van der Waals surface area contributed by atoms with E-state index in [9.17, 15) is 5.41 Å². The Hall–Kier alpha value is -3.18. The smallest absolute Gasteiger partial charge is 0.146 e. The van der Waals surface area contributed by atoms with E-state index in [-0.39, 0.29) is 0 Å². The SMILES string of the molecule is N=c1c2c(-c3ccccc3)c(-c3ccccc3)n(CC3CCCCC3)c2ncn1CC1CCOCC1. The van der Waals surface area contributed by atoms with Crippen molar-refractivity contribution in [3.63, 3.8) is 0 Å². The molecule has 5 heteroatoms. The van der Waals surface area contributed by atoms with Gasteiger partial charge in [-0.3, -0.25) is 5.41 Å². The molecule has 186 valence electrons. The monoisotopic (exact) mass is 480 g/mol. The quantitative estimate of drug-likeness (QED) is 0.336. The number of nitrogens with one attached hydrogen (secondary N) is 1. The number of aromatic nitrogens is 3. The summed E-state index contributed by atoms with van der Waals surface area (Å²) in [6.07, 6.45) is 10.6. The molecule has 3 heterocycles. The van der Waals surface area contributed by atoms with Crippen molar-refractivity contribution >= 4 is 11.0 Å². The highest BCUT2D eigenvalue weighted by Crippen LogP contribution is 2.40. The van der Waals surface area contributed by atoms with Gasteiger partial charge in [-0.25, -0.2) is 4.98 Å². The number of rotatable bonds is 6. The molecule has 0 amide bonds. The van der Waals surface area contributed by atoms with Crippen LogP contribution in [0.4, 0.5) is 0 Å². The molecule has 2 aromatic carbocycles. The number of benzene rings is 2. The normalized spacial score (nSPS) is 17.6. The van der Waals surface area contributed by atoms with Crippen LogP contribution in [0.2, 0.25) is 0 Å². The Bertz CT molecular complexity index is 1360. The van der Waals surface area contributed by atoms with Crippen LogP contribution in [0, 0.1) is 17.2 Å². The summed E-state index contributed by atoms with van der Waals surface area (Å²) >= 11 is 0. The number of fused-ring (bicyclic) bond motifs is 1. The van der Waals surface area contributed by atoms with Crippen LogP contribution < -0.4 is 5.49 Å². The fourth-order valence-corrected chi connectivity index (χ4v) is 6.22. The van der Waals surface area contributed by atoms with E-state index in [1.165, 1.54) is 43.4 Å². The van der Waals surface area contributed by atoms with Crippen LogP contribution in [0.5, 0.6) is 0 Å². The molecule has 0 spiro atoms. The second-order valence-electron chi connectivity index (χ2n) is 10.6. The van der Waals surface area contributed by atoms with E-state index < -0.39 is 0 Å². The lowest BCUT2D eigenvalue weighted by molar-refractivity contribution is 0.0608. The molecule has 1 aliphatic heterocycles. The summed E-state index contributed by atoms with van der Waals surface area (Å²) in [6.45, 7) is 3.43. The summed E-state index contributed by atoms with van der Waals surface area (Å²) in [5.74, 6) is 1.19. The fraction of sp³-hybridized carbons (Fsp3) is 0.419. The van der Waals surface area contributed by atoms with Crippen molar-refractivity contribution in [3.8, 4) is 22.4 Å². The van der Waals surface area contributed by atoms with Crippen LogP contribution >= 0.6 is 0 Å². The van der Waals surface area contributed by atoms with Gasteiger partial charge in [-0.2, -0.15) is 0 Å². The maximum absolute atomic E-state index is 9.42. The molecule has 2 aliphatic rings. The number of hydrogen-bond acceptors (Lipinski definition) is 3. The zero-order chi connectivity index (χ0) is 24.3. The zero-order valence-corrected chi connectivity index (χ0v) is 21.0. The summed E-state index contributed by atoms with van der Waals surface area (Å²) in [7, 11) is 0. The van der Waals surface area contributed by atoms with Crippen LogP contribution in [-0.4, -0.2) is 27.3 Å². The Morgan fingerprint density at radius 1 is 0.778 bits per heavy atom. The van der Waals surface area contributed by atoms with Crippen molar-refractivity contribution in [1.82, 2.24) is 14.1 Å². The molecule has 36 heavy (non-hydrogen) atoms. The molecule has 4 aromatic rings. The lowest BCUT2D eigenvalue weighted by Crippen LogP contribution is -2.28. The van der Waals surface area contributed by atoms with Gasteiger partial charge in [-0.15, -0.1) is 0 Å². The second kappa shape index (κ2) is 10.4. The van der Waals surface area contributed by atoms with E-state index in [1.807, 2.05) is 6.33 Å². The van der Waals surface area contributed by atoms with Crippen molar-refractivity contribution in [2.24, 2.45) is 11.8 Å². The Labute approximate surface area is 213 Å². The number of nitrogens with zero attached hydrogens (tertiary/aromatic N) is 3. The van der Waals surface area contributed by atoms with Crippen molar-refractivity contribution in [2.75, 3.05) is 13.2 Å². The summed E-state index contributed by atoms with van der Waals surface area (Å²) in [4.78, 5) is 5.08. The lowest BCUT2D eigenvalue weighted by Gasteiger charge is -2.24. The van der Waals surface area contributed by atoms with Crippen LogP contribution in [0.1, 0.15) is 44.9 Å². The second-order valence-corrected chi connectivity index (χ2v) is 10.6. The molecule has 0 atom stereocenters. The summed E-state index contributed by atoms with van der Waals surface area (Å²) in [5.41, 5.74) is 6.22. The van der Waals surface area contributed by atoms with Gasteiger partial charge in [0.1, 0.15) is 11.1 Å². The first-order valence-corrected chi connectivity index (χ1v) is 13.6. The molecular weight excluding hydrogens is 444 g/mol. The molecular formula is C31H36N4O. The van der Waals surface area contributed by atoms with Gasteiger partial charge in [0.2, 0.25) is 0 Å². The third kappa shape index (κ3) is 4.53. The van der Waals surface area contributed by atoms with Gasteiger partial charge in [0.15, 0.2) is 0 Å². The molecule has 6 rings (SSSR count). The minimum Gasteiger partial charge on any atom is -0.381 e. The van der Waals surface area contributed by atoms with Crippen molar-refractivity contribution in [1.29, 1.82) is 5.41 Å². The molecule has 0 radical (unpaired) electrons. The summed E-state index contributed by atoms with van der Waals surface area (Å²) in [5, 5.41) is 10.4. The van der Waals surface area contributed by atoms with Crippen LogP contribution in [0.25, 0.3) is 33.4 Å². The van der Waals surface area contributed by atoms with E-state index in [2.05, 4.69) is 69.8 Å². The standard InChI is InChI=1S/C31H36N4O/c32-30-28-27(25-12-6-2-7-13-25)29(26-14-8-3-9-15-26)35(21-23-10-4-1-5-11-23)31(28)33-22-34(30)20-24-16-18-36-19-17-24/h2-3,6-9,12-15,22-24,32H,1,4-5,10-11,16-21H2. The van der Waals surface area contributed by atoms with E-state index in [0.717, 1.165) is 61.3 Å². The van der Waals surface area contributed by atoms with Crippen molar-refractivity contribution in [2.45, 2.75) is 58.0 Å². The van der Waals surface area contributed by atoms with E-state index in [4.69, 9.17) is 9.72 Å². The van der Waals surface area contributed by atoms with E-state index >= 15 is 0 Å². The Morgan fingerprint density at radius 3 is 2.11 bits per heavy atom. The Balaban J connectivity index is 1.58. The minimum absolute atomic E-state index is 0.533. The highest BCUT2D eigenvalue weighted by molar-refractivity contribution is 6.02. The zero-order valence-electron chi connectivity index (χ0n) is 21.0. The maximum atomic E-state index is 9.42. The maximum Gasteiger partial charge on any atom is 0.146 e. The van der Waals surface area contributed by atoms with Crippen LogP contribution in [-0.2, 0) is 17.8 Å². The fourth-order valence-electron chi connectivity index (χ4n) is 6.22. The first-order chi connectivity index (χ1) is 17.8. The van der Waals surface area contributed by atoms with Gasteiger partial charge in [0.05, 0.1) is 17.4 Å². The molecule has 1 N–H and O–H groups in total. The van der Waals surface area contributed by atoms with Gasteiger partial charge in [0.25, 0.3) is 0 Å².